The molecule has 68 valence electrons. The molecule has 13 heavy (non-hydrogen) atoms. The predicted molar refractivity (Wildman–Crippen MR) is 46.5 cm³/mol. The van der Waals surface area contributed by atoms with Crippen molar-refractivity contribution in [2.75, 3.05) is 7.11 Å². The number of furan rings is 1. The fourth-order valence-corrected chi connectivity index (χ4v) is 1.35. The van der Waals surface area contributed by atoms with Crippen molar-refractivity contribution in [1.29, 1.82) is 0 Å². The van der Waals surface area contributed by atoms with Crippen LogP contribution in [0.2, 0.25) is 0 Å². The van der Waals surface area contributed by atoms with E-state index in [0.29, 0.717) is 11.4 Å². The number of fused-ring (bicyclic) bond motifs is 1. The number of aryl methyl sites for hydroxylation is 1. The zero-order valence-electron chi connectivity index (χ0n) is 7.40. The highest BCUT2D eigenvalue weighted by Crippen LogP contribution is 2.19. The average Bonchev–Trinajstić information content (AvgIpc) is 2.68. The molecule has 0 atom stereocenters. The third-order valence-electron chi connectivity index (χ3n) is 2.03. The number of hydrogen-bond acceptors (Lipinski definition) is 3. The van der Waals surface area contributed by atoms with Gasteiger partial charge in [-0.05, 0) is 12.1 Å². The number of ether oxygens (including phenoxy) is 1. The van der Waals surface area contributed by atoms with Crippen LogP contribution in [0.25, 0.3) is 11.1 Å². The summed E-state index contributed by atoms with van der Waals surface area (Å²) in [5.41, 5.74) is 1.18. The first-order valence-electron chi connectivity index (χ1n) is 3.85. The third-order valence-corrected chi connectivity index (χ3v) is 2.03. The lowest BCUT2D eigenvalue weighted by molar-refractivity contribution is 0.0590. The van der Waals surface area contributed by atoms with Crippen LogP contribution in [0.3, 0.4) is 0 Å². The molecule has 0 radical (unpaired) electrons. The molecule has 2 rings (SSSR count). The summed E-state index contributed by atoms with van der Waals surface area (Å²) in [5, 5.41) is 0.905. The topological polar surface area (TPSA) is 44.4 Å². The summed E-state index contributed by atoms with van der Waals surface area (Å²) in [7, 11) is 3.12. The predicted octanol–water partition coefficient (Wildman–Crippen LogP) is 1.56. The number of esters is 1. The number of carbonyl (C=O) groups excluding carboxylic acids is 1. The zero-order valence-corrected chi connectivity index (χ0v) is 7.40. The van der Waals surface area contributed by atoms with E-state index in [-0.39, 0.29) is 5.97 Å². The minimum Gasteiger partial charge on any atom is -0.464 e. The molecule has 0 aliphatic carbocycles. The lowest BCUT2D eigenvalue weighted by Crippen LogP contribution is -2.06. The van der Waals surface area contributed by atoms with Crippen molar-refractivity contribution in [3.8, 4) is 0 Å². The van der Waals surface area contributed by atoms with E-state index in [1.807, 2.05) is 6.07 Å². The van der Waals surface area contributed by atoms with Crippen LogP contribution in [-0.2, 0) is 11.8 Å². The zero-order chi connectivity index (χ0) is 9.42. The fourth-order valence-electron chi connectivity index (χ4n) is 1.35. The number of rotatable bonds is 1. The molecule has 0 saturated heterocycles. The van der Waals surface area contributed by atoms with E-state index >= 15 is 0 Å². The molecule has 0 aromatic carbocycles. The summed E-state index contributed by atoms with van der Waals surface area (Å²) in [6, 6.07) is 3.55. The van der Waals surface area contributed by atoms with Crippen LogP contribution in [0.4, 0.5) is 0 Å². The van der Waals surface area contributed by atoms with Crippen molar-refractivity contribution in [2.24, 2.45) is 7.05 Å². The van der Waals surface area contributed by atoms with Crippen LogP contribution in [0, 0.1) is 0 Å². The van der Waals surface area contributed by atoms with Crippen molar-refractivity contribution in [3.05, 3.63) is 24.1 Å². The molecule has 2 heterocycles. The SMILES string of the molecule is COC(=O)c1cc2ccoc2n1C. The molecule has 2 aromatic heterocycles. The van der Waals surface area contributed by atoms with Gasteiger partial charge in [0, 0.05) is 12.4 Å². The first-order chi connectivity index (χ1) is 6.24. The molecule has 0 saturated carbocycles. The molecule has 4 heteroatoms. The van der Waals surface area contributed by atoms with Gasteiger partial charge in [-0.3, -0.25) is 0 Å². The molecule has 0 unspecified atom stereocenters. The normalized spacial score (nSPS) is 10.6. The highest BCUT2D eigenvalue weighted by molar-refractivity contribution is 5.93. The Hall–Kier alpha value is -1.71. The molecule has 2 aromatic rings. The van der Waals surface area contributed by atoms with Crippen LogP contribution in [-0.4, -0.2) is 17.6 Å². The highest BCUT2D eigenvalue weighted by atomic mass is 16.5. The molecular formula is C9H9NO3. The number of nitrogens with zero attached hydrogens (tertiary/aromatic N) is 1. The Kier molecular flexibility index (Phi) is 1.62. The first-order valence-corrected chi connectivity index (χ1v) is 3.85. The Morgan fingerprint density at radius 1 is 1.62 bits per heavy atom. The van der Waals surface area contributed by atoms with E-state index in [9.17, 15) is 4.79 Å². The number of methoxy groups -OCH3 is 1. The monoisotopic (exact) mass is 179 g/mol. The Balaban J connectivity index is 2.64. The summed E-state index contributed by atoms with van der Waals surface area (Å²) in [6.07, 6.45) is 1.59. The summed E-state index contributed by atoms with van der Waals surface area (Å²) >= 11 is 0. The van der Waals surface area contributed by atoms with Crippen LogP contribution in [0.5, 0.6) is 0 Å². The lowest BCUT2D eigenvalue weighted by Gasteiger charge is -1.99. The fraction of sp³-hybridized carbons (Fsp3) is 0.222. The van der Waals surface area contributed by atoms with Gasteiger partial charge in [0.1, 0.15) is 5.69 Å². The number of carbonyl (C=O) groups is 1. The Bertz CT molecular complexity index is 452. The number of hydrogen-bond donors (Lipinski definition) is 0. The van der Waals surface area contributed by atoms with Crippen molar-refractivity contribution in [1.82, 2.24) is 4.57 Å². The Morgan fingerprint density at radius 3 is 3.00 bits per heavy atom. The highest BCUT2D eigenvalue weighted by Gasteiger charge is 2.14. The Morgan fingerprint density at radius 2 is 2.38 bits per heavy atom. The van der Waals surface area contributed by atoms with E-state index in [2.05, 4.69) is 4.74 Å². The van der Waals surface area contributed by atoms with Gasteiger partial charge in [0.15, 0.2) is 0 Å². The maximum absolute atomic E-state index is 11.2. The molecule has 0 fully saturated rings. The van der Waals surface area contributed by atoms with E-state index in [1.165, 1.54) is 7.11 Å². The summed E-state index contributed by atoms with van der Waals surface area (Å²) in [5.74, 6) is -0.353. The molecule has 4 nitrogen and oxygen atoms in total. The molecular weight excluding hydrogens is 170 g/mol. The maximum Gasteiger partial charge on any atom is 0.354 e. The summed E-state index contributed by atoms with van der Waals surface area (Å²) in [6.45, 7) is 0. The van der Waals surface area contributed by atoms with Gasteiger partial charge in [0.2, 0.25) is 5.71 Å². The molecule has 0 amide bonds. The van der Waals surface area contributed by atoms with E-state index in [0.717, 1.165) is 5.39 Å². The molecule has 0 bridgehead atoms. The van der Waals surface area contributed by atoms with E-state index in [1.54, 1.807) is 23.9 Å². The smallest absolute Gasteiger partial charge is 0.354 e. The standard InChI is InChI=1S/C9H9NO3/c1-10-7(9(11)12-2)5-6-3-4-13-8(6)10/h3-5H,1-2H3. The van der Waals surface area contributed by atoms with E-state index in [4.69, 9.17) is 4.42 Å². The van der Waals surface area contributed by atoms with Crippen LogP contribution in [0.1, 0.15) is 10.5 Å². The van der Waals surface area contributed by atoms with Crippen molar-refractivity contribution in [3.63, 3.8) is 0 Å². The van der Waals surface area contributed by atoms with E-state index < -0.39 is 0 Å². The van der Waals surface area contributed by atoms with Gasteiger partial charge >= 0.3 is 5.97 Å². The van der Waals surface area contributed by atoms with Crippen LogP contribution in [0.15, 0.2) is 22.8 Å². The van der Waals surface area contributed by atoms with Crippen molar-refractivity contribution < 1.29 is 13.9 Å². The second-order valence-electron chi connectivity index (χ2n) is 2.76. The molecule has 0 spiro atoms. The van der Waals surface area contributed by atoms with Gasteiger partial charge in [-0.2, -0.15) is 0 Å². The second kappa shape index (κ2) is 2.65. The van der Waals surface area contributed by atoms with Gasteiger partial charge in [-0.25, -0.2) is 4.79 Å². The van der Waals surface area contributed by atoms with Crippen LogP contribution >= 0.6 is 0 Å². The van der Waals surface area contributed by atoms with Gasteiger partial charge in [0.25, 0.3) is 0 Å². The summed E-state index contributed by atoms with van der Waals surface area (Å²) in [4.78, 5) is 11.2. The molecule has 0 aliphatic rings. The minimum atomic E-state index is -0.353. The third kappa shape index (κ3) is 1.02. The van der Waals surface area contributed by atoms with Gasteiger partial charge in [-0.15, -0.1) is 0 Å². The number of aromatic nitrogens is 1. The van der Waals surface area contributed by atoms with Gasteiger partial charge < -0.3 is 13.7 Å². The van der Waals surface area contributed by atoms with Gasteiger partial charge in [-0.1, -0.05) is 0 Å². The van der Waals surface area contributed by atoms with Crippen molar-refractivity contribution >= 4 is 17.1 Å². The van der Waals surface area contributed by atoms with Crippen molar-refractivity contribution in [2.45, 2.75) is 0 Å². The first kappa shape index (κ1) is 7.91. The largest absolute Gasteiger partial charge is 0.464 e. The quantitative estimate of drug-likeness (QED) is 0.624. The van der Waals surface area contributed by atoms with Gasteiger partial charge in [0.05, 0.1) is 13.4 Å². The molecule has 0 N–H and O–H groups in total. The lowest BCUT2D eigenvalue weighted by atomic mass is 10.3. The molecule has 0 aliphatic heterocycles. The maximum atomic E-state index is 11.2. The second-order valence-corrected chi connectivity index (χ2v) is 2.76. The minimum absolute atomic E-state index is 0.353. The van der Waals surface area contributed by atoms with Crippen LogP contribution < -0.4 is 0 Å². The average molecular weight is 179 g/mol. The Labute approximate surface area is 74.7 Å². The summed E-state index contributed by atoms with van der Waals surface area (Å²) < 4.78 is 11.5.